The lowest BCUT2D eigenvalue weighted by Crippen LogP contribution is -2.39. The fraction of sp³-hybridized carbons (Fsp3) is 0.136. The second-order valence-corrected chi connectivity index (χ2v) is 7.11. The largest absolute Gasteiger partial charge is 0.332 e. The van der Waals surface area contributed by atoms with Crippen LogP contribution in [0.5, 0.6) is 0 Å². The van der Waals surface area contributed by atoms with E-state index < -0.39 is 0 Å². The van der Waals surface area contributed by atoms with Gasteiger partial charge in [-0.2, -0.15) is 4.98 Å². The van der Waals surface area contributed by atoms with Gasteiger partial charge in [0.2, 0.25) is 5.78 Å². The SMILES string of the molecule is Cc1cn2c3c(=O)n(Cc4ccccc4)c(=O)n(C)c3nc2n1-c1ccccc1. The van der Waals surface area contributed by atoms with E-state index >= 15 is 0 Å². The van der Waals surface area contributed by atoms with Crippen LogP contribution in [0.4, 0.5) is 0 Å². The van der Waals surface area contributed by atoms with Crippen LogP contribution in [0.15, 0.2) is 76.4 Å². The summed E-state index contributed by atoms with van der Waals surface area (Å²) in [5.41, 5.74) is 2.85. The zero-order chi connectivity index (χ0) is 20.1. The molecule has 29 heavy (non-hydrogen) atoms. The first-order valence-electron chi connectivity index (χ1n) is 9.35. The van der Waals surface area contributed by atoms with Gasteiger partial charge in [0.15, 0.2) is 11.2 Å². The van der Waals surface area contributed by atoms with E-state index in [-0.39, 0.29) is 17.8 Å². The molecule has 3 heterocycles. The Kier molecular flexibility index (Phi) is 3.77. The lowest BCUT2D eigenvalue weighted by molar-refractivity contribution is 0.656. The molecule has 5 rings (SSSR count). The average molecular weight is 385 g/mol. The Morgan fingerprint density at radius 3 is 2.28 bits per heavy atom. The van der Waals surface area contributed by atoms with Crippen LogP contribution >= 0.6 is 0 Å². The molecule has 0 radical (unpaired) electrons. The Hall–Kier alpha value is -3.87. The zero-order valence-electron chi connectivity index (χ0n) is 16.1. The molecule has 144 valence electrons. The first-order valence-corrected chi connectivity index (χ1v) is 9.35. The Morgan fingerprint density at radius 1 is 0.931 bits per heavy atom. The maximum atomic E-state index is 13.3. The fourth-order valence-electron chi connectivity index (χ4n) is 3.81. The van der Waals surface area contributed by atoms with E-state index in [1.807, 2.05) is 78.4 Å². The van der Waals surface area contributed by atoms with Gasteiger partial charge in [-0.1, -0.05) is 48.5 Å². The molecular weight excluding hydrogens is 366 g/mol. The maximum Gasteiger partial charge on any atom is 0.332 e. The van der Waals surface area contributed by atoms with Crippen molar-refractivity contribution < 1.29 is 0 Å². The predicted octanol–water partition coefficient (Wildman–Crippen LogP) is 2.50. The number of rotatable bonds is 3. The fourth-order valence-corrected chi connectivity index (χ4v) is 3.81. The van der Waals surface area contributed by atoms with Crippen LogP contribution < -0.4 is 11.2 Å². The third kappa shape index (κ3) is 2.55. The topological polar surface area (TPSA) is 66.2 Å². The molecule has 5 aromatic rings. The van der Waals surface area contributed by atoms with Crippen LogP contribution in [0.25, 0.3) is 22.6 Å². The van der Waals surface area contributed by atoms with Gasteiger partial charge in [-0.25, -0.2) is 4.79 Å². The van der Waals surface area contributed by atoms with E-state index in [9.17, 15) is 9.59 Å². The molecule has 2 aromatic carbocycles. The monoisotopic (exact) mass is 385 g/mol. The number of para-hydroxylation sites is 1. The molecule has 0 aliphatic heterocycles. The number of hydrogen-bond acceptors (Lipinski definition) is 3. The third-order valence-electron chi connectivity index (χ3n) is 5.22. The van der Waals surface area contributed by atoms with Crippen LogP contribution in [0.1, 0.15) is 11.3 Å². The van der Waals surface area contributed by atoms with Gasteiger partial charge in [-0.15, -0.1) is 0 Å². The van der Waals surface area contributed by atoms with Crippen molar-refractivity contribution in [2.45, 2.75) is 13.5 Å². The second kappa shape index (κ2) is 6.34. The Morgan fingerprint density at radius 2 is 1.59 bits per heavy atom. The van der Waals surface area contributed by atoms with Crippen molar-refractivity contribution >= 4 is 16.9 Å². The Bertz CT molecular complexity index is 1470. The summed E-state index contributed by atoms with van der Waals surface area (Å²) in [6.07, 6.45) is 1.89. The lowest BCUT2D eigenvalue weighted by Gasteiger charge is -2.08. The standard InChI is InChI=1S/C22H19N5O2/c1-15-13-25-18-19(23-21(25)27(15)17-11-7-4-8-12-17)24(2)22(29)26(20(18)28)14-16-9-5-3-6-10-16/h3-13H,14H2,1-2H3. The molecule has 3 aromatic heterocycles. The molecule has 0 spiro atoms. The highest BCUT2D eigenvalue weighted by Crippen LogP contribution is 2.20. The van der Waals surface area contributed by atoms with Crippen LogP contribution in [0.2, 0.25) is 0 Å². The molecular formula is C22H19N5O2. The Balaban J connectivity index is 1.83. The summed E-state index contributed by atoms with van der Waals surface area (Å²) in [4.78, 5) is 30.9. The van der Waals surface area contributed by atoms with Gasteiger partial charge in [0.05, 0.1) is 6.54 Å². The van der Waals surface area contributed by atoms with E-state index in [0.717, 1.165) is 16.9 Å². The van der Waals surface area contributed by atoms with Crippen molar-refractivity contribution in [3.63, 3.8) is 0 Å². The van der Waals surface area contributed by atoms with E-state index in [2.05, 4.69) is 4.98 Å². The highest BCUT2D eigenvalue weighted by molar-refractivity contribution is 5.76. The number of imidazole rings is 2. The number of nitrogens with zero attached hydrogens (tertiary/aromatic N) is 5. The van der Waals surface area contributed by atoms with Gasteiger partial charge in [-0.3, -0.25) is 22.9 Å². The van der Waals surface area contributed by atoms with E-state index in [4.69, 9.17) is 0 Å². The number of hydrogen-bond donors (Lipinski definition) is 0. The van der Waals surface area contributed by atoms with Crippen molar-refractivity contribution in [3.05, 3.63) is 99.0 Å². The number of aromatic nitrogens is 5. The van der Waals surface area contributed by atoms with E-state index in [1.54, 1.807) is 11.4 Å². The summed E-state index contributed by atoms with van der Waals surface area (Å²) < 4.78 is 6.46. The average Bonchev–Trinajstić information content (AvgIpc) is 3.25. The molecule has 0 aliphatic rings. The van der Waals surface area contributed by atoms with Crippen molar-refractivity contribution in [2.24, 2.45) is 7.05 Å². The van der Waals surface area contributed by atoms with E-state index in [1.165, 1.54) is 9.13 Å². The van der Waals surface area contributed by atoms with Crippen LogP contribution in [-0.2, 0) is 13.6 Å². The molecule has 0 atom stereocenters. The normalized spacial score (nSPS) is 11.5. The van der Waals surface area contributed by atoms with Gasteiger partial charge >= 0.3 is 5.69 Å². The van der Waals surface area contributed by atoms with Crippen molar-refractivity contribution in [2.75, 3.05) is 0 Å². The molecule has 0 amide bonds. The van der Waals surface area contributed by atoms with Gasteiger partial charge < -0.3 is 0 Å². The van der Waals surface area contributed by atoms with Gasteiger partial charge in [0.1, 0.15) is 0 Å². The molecule has 7 nitrogen and oxygen atoms in total. The highest BCUT2D eigenvalue weighted by atomic mass is 16.2. The van der Waals surface area contributed by atoms with Crippen molar-refractivity contribution in [1.29, 1.82) is 0 Å². The molecule has 0 unspecified atom stereocenters. The smallest absolute Gasteiger partial charge is 0.283 e. The molecule has 0 bridgehead atoms. The quantitative estimate of drug-likeness (QED) is 0.479. The van der Waals surface area contributed by atoms with E-state index in [0.29, 0.717) is 16.9 Å². The molecule has 0 N–H and O–H groups in total. The molecule has 0 saturated carbocycles. The zero-order valence-corrected chi connectivity index (χ0v) is 16.1. The molecule has 0 aliphatic carbocycles. The first-order chi connectivity index (χ1) is 14.1. The first kappa shape index (κ1) is 17.2. The molecule has 0 saturated heterocycles. The third-order valence-corrected chi connectivity index (χ3v) is 5.22. The summed E-state index contributed by atoms with van der Waals surface area (Å²) in [5, 5.41) is 0. The summed E-state index contributed by atoms with van der Waals surface area (Å²) in [5.74, 6) is 0.605. The molecule has 7 heteroatoms. The number of aryl methyl sites for hydroxylation is 2. The highest BCUT2D eigenvalue weighted by Gasteiger charge is 2.20. The summed E-state index contributed by atoms with van der Waals surface area (Å²) in [7, 11) is 1.65. The Labute approximate surface area is 165 Å². The predicted molar refractivity (Wildman–Crippen MR) is 112 cm³/mol. The van der Waals surface area contributed by atoms with Gasteiger partial charge in [0.25, 0.3) is 5.56 Å². The van der Waals surface area contributed by atoms with Crippen LogP contribution in [0, 0.1) is 6.92 Å². The summed E-state index contributed by atoms with van der Waals surface area (Å²) >= 11 is 0. The number of fused-ring (bicyclic) bond motifs is 3. The van der Waals surface area contributed by atoms with Crippen LogP contribution in [-0.4, -0.2) is 23.1 Å². The van der Waals surface area contributed by atoms with Crippen molar-refractivity contribution in [1.82, 2.24) is 23.1 Å². The van der Waals surface area contributed by atoms with Gasteiger partial charge in [-0.05, 0) is 24.6 Å². The minimum absolute atomic E-state index is 0.216. The number of benzene rings is 2. The molecule has 0 fully saturated rings. The van der Waals surface area contributed by atoms with Crippen molar-refractivity contribution in [3.8, 4) is 5.69 Å². The van der Waals surface area contributed by atoms with Crippen LogP contribution in [0.3, 0.4) is 0 Å². The minimum Gasteiger partial charge on any atom is -0.283 e. The lowest BCUT2D eigenvalue weighted by atomic mass is 10.2. The van der Waals surface area contributed by atoms with Gasteiger partial charge in [0, 0.05) is 24.6 Å². The summed E-state index contributed by atoms with van der Waals surface area (Å²) in [6.45, 7) is 2.19. The maximum absolute atomic E-state index is 13.3. The second-order valence-electron chi connectivity index (χ2n) is 7.11. The summed E-state index contributed by atoms with van der Waals surface area (Å²) in [6, 6.07) is 19.3. The minimum atomic E-state index is -0.380.